The largest absolute Gasteiger partial charge is 0.377 e. The van der Waals surface area contributed by atoms with E-state index >= 15 is 0 Å². The van der Waals surface area contributed by atoms with Crippen LogP contribution in [0.2, 0.25) is 0 Å². The van der Waals surface area contributed by atoms with E-state index in [1.54, 1.807) is 0 Å². The predicted octanol–water partition coefficient (Wildman–Crippen LogP) is 2.12. The maximum atomic E-state index is 5.67. The molecule has 1 N–H and O–H groups in total. The Hall–Kier alpha value is -0.870. The number of nitrogens with zero attached hydrogens (tertiary/aromatic N) is 2. The number of hydrogen-bond donors (Lipinski definition) is 1. The quantitative estimate of drug-likeness (QED) is 0.852. The predicted molar refractivity (Wildman–Crippen MR) is 67.9 cm³/mol. The van der Waals surface area contributed by atoms with Crippen LogP contribution in [0.15, 0.2) is 12.4 Å². The third-order valence-corrected chi connectivity index (χ3v) is 3.41. The lowest BCUT2D eigenvalue weighted by molar-refractivity contribution is 0.0828. The zero-order valence-corrected chi connectivity index (χ0v) is 11.0. The van der Waals surface area contributed by atoms with Gasteiger partial charge in [0, 0.05) is 31.1 Å². The van der Waals surface area contributed by atoms with Gasteiger partial charge in [0.25, 0.3) is 0 Å². The van der Waals surface area contributed by atoms with E-state index in [0.29, 0.717) is 18.2 Å². The lowest BCUT2D eigenvalue weighted by Gasteiger charge is -2.20. The van der Waals surface area contributed by atoms with Crippen molar-refractivity contribution >= 4 is 0 Å². The molecule has 1 aliphatic heterocycles. The summed E-state index contributed by atoms with van der Waals surface area (Å²) in [5, 5.41) is 3.51. The molecule has 2 atom stereocenters. The van der Waals surface area contributed by atoms with E-state index in [2.05, 4.69) is 35.6 Å². The second-order valence-electron chi connectivity index (χ2n) is 5.07. The van der Waals surface area contributed by atoms with Gasteiger partial charge in [-0.15, -0.1) is 0 Å². The normalized spacial score (nSPS) is 22.2. The average molecular weight is 237 g/mol. The van der Waals surface area contributed by atoms with Crippen molar-refractivity contribution in [3.8, 4) is 0 Å². The summed E-state index contributed by atoms with van der Waals surface area (Å²) < 4.78 is 7.88. The lowest BCUT2D eigenvalue weighted by atomic mass is 10.1. The van der Waals surface area contributed by atoms with E-state index in [-0.39, 0.29) is 0 Å². The molecular weight excluding hydrogens is 214 g/mol. The highest BCUT2D eigenvalue weighted by Crippen LogP contribution is 2.16. The van der Waals surface area contributed by atoms with Crippen molar-refractivity contribution in [1.29, 1.82) is 0 Å². The lowest BCUT2D eigenvalue weighted by Crippen LogP contribution is -2.37. The van der Waals surface area contributed by atoms with Gasteiger partial charge in [0.05, 0.1) is 12.6 Å². The Bertz CT molecular complexity index is 342. The Morgan fingerprint density at radius 2 is 2.35 bits per heavy atom. The highest BCUT2D eigenvalue weighted by molar-refractivity contribution is 4.94. The highest BCUT2D eigenvalue weighted by atomic mass is 16.5. The van der Waals surface area contributed by atoms with Gasteiger partial charge in [-0.05, 0) is 33.6 Å². The van der Waals surface area contributed by atoms with Gasteiger partial charge in [-0.3, -0.25) is 0 Å². The van der Waals surface area contributed by atoms with Crippen LogP contribution in [0, 0.1) is 0 Å². The first-order valence-electron chi connectivity index (χ1n) is 6.55. The summed E-state index contributed by atoms with van der Waals surface area (Å²) in [6.45, 7) is 8.27. The molecule has 4 heteroatoms. The summed E-state index contributed by atoms with van der Waals surface area (Å²) in [4.78, 5) is 4.40. The van der Waals surface area contributed by atoms with E-state index < -0.39 is 0 Å². The molecule has 96 valence electrons. The number of nitrogens with one attached hydrogen (secondary N) is 1. The van der Waals surface area contributed by atoms with Gasteiger partial charge in [-0.2, -0.15) is 0 Å². The number of aromatic nitrogens is 2. The number of rotatable bonds is 5. The van der Waals surface area contributed by atoms with Crippen molar-refractivity contribution < 1.29 is 4.74 Å². The van der Waals surface area contributed by atoms with E-state index in [0.717, 1.165) is 19.0 Å². The minimum atomic E-state index is 0.373. The van der Waals surface area contributed by atoms with Gasteiger partial charge in [-0.1, -0.05) is 0 Å². The summed E-state index contributed by atoms with van der Waals surface area (Å²) in [5.74, 6) is 1.10. The molecule has 0 radical (unpaired) electrons. The summed E-state index contributed by atoms with van der Waals surface area (Å²) in [5.41, 5.74) is 0. The average Bonchev–Trinajstić information content (AvgIpc) is 2.96. The smallest absolute Gasteiger partial charge is 0.122 e. The summed E-state index contributed by atoms with van der Waals surface area (Å²) in [6, 6.07) is 0.863. The number of ether oxygens (including phenoxy) is 1. The van der Waals surface area contributed by atoms with Crippen LogP contribution in [-0.2, 0) is 11.3 Å². The Kier molecular flexibility index (Phi) is 4.18. The number of hydrogen-bond acceptors (Lipinski definition) is 3. The van der Waals surface area contributed by atoms with Crippen LogP contribution in [0.5, 0.6) is 0 Å². The monoisotopic (exact) mass is 237 g/mol. The molecule has 1 fully saturated rings. The molecule has 0 bridgehead atoms. The zero-order chi connectivity index (χ0) is 12.3. The van der Waals surface area contributed by atoms with Crippen LogP contribution < -0.4 is 5.32 Å². The molecule has 0 aliphatic carbocycles. The van der Waals surface area contributed by atoms with Gasteiger partial charge in [-0.25, -0.2) is 4.98 Å². The Morgan fingerprint density at radius 1 is 1.53 bits per heavy atom. The minimum Gasteiger partial charge on any atom is -0.377 e. The van der Waals surface area contributed by atoms with E-state index in [1.807, 2.05) is 12.4 Å². The fraction of sp³-hybridized carbons (Fsp3) is 0.769. The van der Waals surface area contributed by atoms with E-state index in [4.69, 9.17) is 4.74 Å². The summed E-state index contributed by atoms with van der Waals surface area (Å²) in [6.07, 6.45) is 6.65. The standard InChI is InChI=1S/C13H23N3O/c1-10(2)16-7-6-14-13(16)9-15-11(3)12-5-4-8-17-12/h6-7,10-12,15H,4-5,8-9H2,1-3H3/t11-,12-/m0/s1. The molecule has 2 rings (SSSR count). The number of imidazole rings is 1. The molecular formula is C13H23N3O. The molecule has 0 unspecified atom stereocenters. The molecule has 0 saturated carbocycles. The van der Waals surface area contributed by atoms with Crippen molar-refractivity contribution in [3.63, 3.8) is 0 Å². The molecule has 0 aromatic carbocycles. The molecule has 1 saturated heterocycles. The van der Waals surface area contributed by atoms with Crippen molar-refractivity contribution in [1.82, 2.24) is 14.9 Å². The highest BCUT2D eigenvalue weighted by Gasteiger charge is 2.22. The van der Waals surface area contributed by atoms with Crippen LogP contribution >= 0.6 is 0 Å². The molecule has 2 heterocycles. The SMILES string of the molecule is CC(C)n1ccnc1CN[C@@H](C)[C@@H]1CCCO1. The maximum Gasteiger partial charge on any atom is 0.122 e. The summed E-state index contributed by atoms with van der Waals surface area (Å²) >= 11 is 0. The molecule has 4 nitrogen and oxygen atoms in total. The fourth-order valence-electron chi connectivity index (χ4n) is 2.33. The molecule has 1 aromatic rings. The first kappa shape index (κ1) is 12.6. The molecule has 1 aromatic heterocycles. The molecule has 1 aliphatic rings. The van der Waals surface area contributed by atoms with Gasteiger partial charge in [0.2, 0.25) is 0 Å². The third-order valence-electron chi connectivity index (χ3n) is 3.41. The first-order valence-corrected chi connectivity index (χ1v) is 6.55. The molecule has 0 spiro atoms. The van der Waals surface area contributed by atoms with Gasteiger partial charge in [0.1, 0.15) is 5.82 Å². The van der Waals surface area contributed by atoms with Crippen molar-refractivity contribution in [2.45, 2.75) is 58.3 Å². The molecule has 0 amide bonds. The Morgan fingerprint density at radius 3 is 3.00 bits per heavy atom. The van der Waals surface area contributed by atoms with Crippen LogP contribution in [0.1, 0.15) is 45.5 Å². The fourth-order valence-corrected chi connectivity index (χ4v) is 2.33. The Balaban J connectivity index is 1.86. The van der Waals surface area contributed by atoms with Crippen molar-refractivity contribution in [2.75, 3.05) is 6.61 Å². The van der Waals surface area contributed by atoms with Crippen LogP contribution in [0.4, 0.5) is 0 Å². The van der Waals surface area contributed by atoms with Crippen LogP contribution in [0.3, 0.4) is 0 Å². The second kappa shape index (κ2) is 5.65. The van der Waals surface area contributed by atoms with Gasteiger partial charge < -0.3 is 14.6 Å². The van der Waals surface area contributed by atoms with Crippen LogP contribution in [0.25, 0.3) is 0 Å². The second-order valence-corrected chi connectivity index (χ2v) is 5.07. The zero-order valence-electron chi connectivity index (χ0n) is 11.0. The van der Waals surface area contributed by atoms with E-state index in [1.165, 1.54) is 12.8 Å². The molecule has 17 heavy (non-hydrogen) atoms. The summed E-state index contributed by atoms with van der Waals surface area (Å²) in [7, 11) is 0. The van der Waals surface area contributed by atoms with Gasteiger partial charge in [0.15, 0.2) is 0 Å². The maximum absolute atomic E-state index is 5.67. The third kappa shape index (κ3) is 3.07. The minimum absolute atomic E-state index is 0.373. The Labute approximate surface area is 103 Å². The van der Waals surface area contributed by atoms with Crippen molar-refractivity contribution in [2.24, 2.45) is 0 Å². The topological polar surface area (TPSA) is 39.1 Å². The van der Waals surface area contributed by atoms with Crippen molar-refractivity contribution in [3.05, 3.63) is 18.2 Å². The first-order chi connectivity index (χ1) is 8.18. The van der Waals surface area contributed by atoms with Crippen LogP contribution in [-0.4, -0.2) is 28.3 Å². The van der Waals surface area contributed by atoms with Gasteiger partial charge >= 0.3 is 0 Å². The van der Waals surface area contributed by atoms with E-state index in [9.17, 15) is 0 Å².